The first-order valence-electron chi connectivity index (χ1n) is 5.44. The third-order valence-corrected chi connectivity index (χ3v) is 2.62. The molecular formula is C13H14N2O3. The molecule has 1 heterocycles. The van der Waals surface area contributed by atoms with Gasteiger partial charge in [0.2, 0.25) is 0 Å². The summed E-state index contributed by atoms with van der Waals surface area (Å²) in [5.41, 5.74) is 2.89. The van der Waals surface area contributed by atoms with Gasteiger partial charge in [-0.1, -0.05) is 6.07 Å². The van der Waals surface area contributed by atoms with E-state index in [1.807, 2.05) is 25.1 Å². The summed E-state index contributed by atoms with van der Waals surface area (Å²) in [7, 11) is 2.93. The Morgan fingerprint density at radius 1 is 1.28 bits per heavy atom. The normalized spacial score (nSPS) is 10.2. The predicted octanol–water partition coefficient (Wildman–Crippen LogP) is 2.18. The minimum absolute atomic E-state index is 0.315. The number of benzene rings is 1. The van der Waals surface area contributed by atoms with Crippen LogP contribution in [0.15, 0.2) is 24.3 Å². The smallest absolute Gasteiger partial charge is 0.356 e. The number of nitrogens with zero attached hydrogens (tertiary/aromatic N) is 1. The van der Waals surface area contributed by atoms with Crippen molar-refractivity contribution in [3.63, 3.8) is 0 Å². The van der Waals surface area contributed by atoms with Crippen molar-refractivity contribution < 1.29 is 14.3 Å². The number of aromatic nitrogens is 2. The van der Waals surface area contributed by atoms with Crippen LogP contribution < -0.4 is 4.74 Å². The molecular weight excluding hydrogens is 232 g/mol. The van der Waals surface area contributed by atoms with Crippen molar-refractivity contribution in [2.75, 3.05) is 14.2 Å². The van der Waals surface area contributed by atoms with Gasteiger partial charge in [0.25, 0.3) is 0 Å². The Kier molecular flexibility index (Phi) is 3.32. The highest BCUT2D eigenvalue weighted by Gasteiger charge is 2.13. The molecule has 0 aliphatic heterocycles. The molecule has 1 N–H and O–H groups in total. The van der Waals surface area contributed by atoms with Crippen LogP contribution in [0.5, 0.6) is 5.75 Å². The maximum Gasteiger partial charge on any atom is 0.356 e. The fraction of sp³-hybridized carbons (Fsp3) is 0.231. The van der Waals surface area contributed by atoms with Crippen LogP contribution in [-0.4, -0.2) is 30.4 Å². The van der Waals surface area contributed by atoms with Gasteiger partial charge in [-0.2, -0.15) is 5.10 Å². The molecule has 0 aliphatic carbocycles. The number of aryl methyl sites for hydroxylation is 1. The van der Waals surface area contributed by atoms with Crippen LogP contribution in [0.1, 0.15) is 16.1 Å². The summed E-state index contributed by atoms with van der Waals surface area (Å²) in [5.74, 6) is 0.276. The molecule has 0 atom stereocenters. The number of carbonyl (C=O) groups excluding carboxylic acids is 1. The van der Waals surface area contributed by atoms with Crippen LogP contribution in [0.3, 0.4) is 0 Å². The summed E-state index contributed by atoms with van der Waals surface area (Å²) in [6.45, 7) is 1.98. The Bertz CT molecular complexity index is 575. The van der Waals surface area contributed by atoms with Crippen molar-refractivity contribution in [2.45, 2.75) is 6.92 Å². The molecule has 0 unspecified atom stereocenters. The van der Waals surface area contributed by atoms with Crippen LogP contribution >= 0.6 is 0 Å². The van der Waals surface area contributed by atoms with E-state index < -0.39 is 5.97 Å². The lowest BCUT2D eigenvalue weighted by atomic mass is 10.1. The Hall–Kier alpha value is -2.30. The molecule has 0 amide bonds. The summed E-state index contributed by atoms with van der Waals surface area (Å²) in [6.07, 6.45) is 0. The zero-order valence-electron chi connectivity index (χ0n) is 10.5. The minimum atomic E-state index is -0.445. The fourth-order valence-electron chi connectivity index (χ4n) is 1.68. The SMILES string of the molecule is COC(=O)c1cc(-c2ccc(C)cc2OC)n[nH]1. The van der Waals surface area contributed by atoms with Gasteiger partial charge in [0.1, 0.15) is 11.4 Å². The number of aromatic amines is 1. The van der Waals surface area contributed by atoms with E-state index in [4.69, 9.17) is 4.74 Å². The molecule has 1 aromatic carbocycles. The molecule has 5 heteroatoms. The number of rotatable bonds is 3. The summed E-state index contributed by atoms with van der Waals surface area (Å²) < 4.78 is 9.93. The highest BCUT2D eigenvalue weighted by molar-refractivity contribution is 5.88. The largest absolute Gasteiger partial charge is 0.496 e. The zero-order valence-corrected chi connectivity index (χ0v) is 10.5. The minimum Gasteiger partial charge on any atom is -0.496 e. The van der Waals surface area contributed by atoms with Gasteiger partial charge in [0, 0.05) is 5.56 Å². The third kappa shape index (κ3) is 2.20. The van der Waals surface area contributed by atoms with Crippen LogP contribution in [0.2, 0.25) is 0 Å². The van der Waals surface area contributed by atoms with Crippen LogP contribution in [0.25, 0.3) is 11.3 Å². The maximum atomic E-state index is 11.3. The molecule has 0 spiro atoms. The number of hydrogen-bond donors (Lipinski definition) is 1. The maximum absolute atomic E-state index is 11.3. The quantitative estimate of drug-likeness (QED) is 0.843. The van der Waals surface area contributed by atoms with Gasteiger partial charge in [-0.3, -0.25) is 5.10 Å². The Balaban J connectivity index is 2.42. The summed E-state index contributed by atoms with van der Waals surface area (Å²) >= 11 is 0. The van der Waals surface area contributed by atoms with Crippen molar-refractivity contribution in [1.29, 1.82) is 0 Å². The Labute approximate surface area is 105 Å². The van der Waals surface area contributed by atoms with Crippen LogP contribution in [0.4, 0.5) is 0 Å². The van der Waals surface area contributed by atoms with E-state index in [1.54, 1.807) is 13.2 Å². The Morgan fingerprint density at radius 2 is 2.06 bits per heavy atom. The van der Waals surface area contributed by atoms with Crippen molar-refractivity contribution in [2.24, 2.45) is 0 Å². The fourth-order valence-corrected chi connectivity index (χ4v) is 1.68. The molecule has 94 valence electrons. The first-order chi connectivity index (χ1) is 8.65. The molecule has 0 bridgehead atoms. The zero-order chi connectivity index (χ0) is 13.1. The average molecular weight is 246 g/mol. The molecule has 0 saturated heterocycles. The number of nitrogens with one attached hydrogen (secondary N) is 1. The van der Waals surface area contributed by atoms with Gasteiger partial charge in [-0.25, -0.2) is 4.79 Å². The number of ether oxygens (including phenoxy) is 2. The van der Waals surface area contributed by atoms with Crippen LogP contribution in [-0.2, 0) is 4.74 Å². The standard InChI is InChI=1S/C13H14N2O3/c1-8-4-5-9(12(6-8)17-2)10-7-11(15-14-10)13(16)18-3/h4-7H,1-3H3,(H,14,15). The molecule has 0 saturated carbocycles. The lowest BCUT2D eigenvalue weighted by Crippen LogP contribution is -2.00. The molecule has 5 nitrogen and oxygen atoms in total. The van der Waals surface area contributed by atoms with Crippen molar-refractivity contribution in [3.8, 4) is 17.0 Å². The van der Waals surface area contributed by atoms with E-state index in [0.29, 0.717) is 11.4 Å². The van der Waals surface area contributed by atoms with E-state index in [1.165, 1.54) is 7.11 Å². The molecule has 0 aliphatic rings. The van der Waals surface area contributed by atoms with Gasteiger partial charge in [0.05, 0.1) is 19.9 Å². The molecule has 2 aromatic rings. The number of H-pyrrole nitrogens is 1. The second kappa shape index (κ2) is 4.91. The number of hydrogen-bond acceptors (Lipinski definition) is 4. The predicted molar refractivity (Wildman–Crippen MR) is 66.7 cm³/mol. The monoisotopic (exact) mass is 246 g/mol. The van der Waals surface area contributed by atoms with Crippen molar-refractivity contribution in [3.05, 3.63) is 35.5 Å². The first kappa shape index (κ1) is 12.2. The first-order valence-corrected chi connectivity index (χ1v) is 5.44. The van der Waals surface area contributed by atoms with E-state index in [9.17, 15) is 4.79 Å². The molecule has 0 radical (unpaired) electrons. The van der Waals surface area contributed by atoms with E-state index in [2.05, 4.69) is 14.9 Å². The van der Waals surface area contributed by atoms with E-state index in [0.717, 1.165) is 16.9 Å². The second-order valence-electron chi connectivity index (χ2n) is 3.86. The van der Waals surface area contributed by atoms with Crippen molar-refractivity contribution in [1.82, 2.24) is 10.2 Å². The highest BCUT2D eigenvalue weighted by atomic mass is 16.5. The Morgan fingerprint density at radius 3 is 2.72 bits per heavy atom. The lowest BCUT2D eigenvalue weighted by Gasteiger charge is -2.06. The van der Waals surface area contributed by atoms with Crippen LogP contribution in [0, 0.1) is 6.92 Å². The van der Waals surface area contributed by atoms with Gasteiger partial charge in [-0.15, -0.1) is 0 Å². The highest BCUT2D eigenvalue weighted by Crippen LogP contribution is 2.29. The average Bonchev–Trinajstić information content (AvgIpc) is 2.87. The number of carbonyl (C=O) groups is 1. The summed E-state index contributed by atoms with van der Waals surface area (Å²) in [4.78, 5) is 11.3. The topological polar surface area (TPSA) is 64.2 Å². The number of methoxy groups -OCH3 is 2. The van der Waals surface area contributed by atoms with Gasteiger partial charge in [0.15, 0.2) is 0 Å². The van der Waals surface area contributed by atoms with Gasteiger partial charge >= 0.3 is 5.97 Å². The molecule has 18 heavy (non-hydrogen) atoms. The third-order valence-electron chi connectivity index (χ3n) is 2.62. The lowest BCUT2D eigenvalue weighted by molar-refractivity contribution is 0.0594. The second-order valence-corrected chi connectivity index (χ2v) is 3.86. The van der Waals surface area contributed by atoms with E-state index >= 15 is 0 Å². The van der Waals surface area contributed by atoms with Crippen molar-refractivity contribution >= 4 is 5.97 Å². The summed E-state index contributed by atoms with van der Waals surface area (Å²) in [6, 6.07) is 7.43. The summed E-state index contributed by atoms with van der Waals surface area (Å²) in [5, 5.41) is 6.73. The molecule has 2 rings (SSSR count). The molecule has 0 fully saturated rings. The number of esters is 1. The van der Waals surface area contributed by atoms with Gasteiger partial charge in [-0.05, 0) is 30.7 Å². The molecule has 1 aromatic heterocycles. The van der Waals surface area contributed by atoms with Gasteiger partial charge < -0.3 is 9.47 Å². The van der Waals surface area contributed by atoms with E-state index in [-0.39, 0.29) is 0 Å².